The van der Waals surface area contributed by atoms with Crippen molar-refractivity contribution in [3.8, 4) is 11.4 Å². The number of ether oxygens (including phenoxy) is 1. The maximum atomic E-state index is 14.6. The number of carbonyl (C=O) groups excluding carboxylic acids is 1. The molecule has 3 heterocycles. The number of aryl methyl sites for hydroxylation is 2. The molecule has 2 aromatic carbocycles. The molecular weight excluding hydrogens is 445 g/mol. The molecular formula is C27H24FN5O2. The zero-order valence-corrected chi connectivity index (χ0v) is 19.4. The van der Waals surface area contributed by atoms with Crippen LogP contribution in [-0.4, -0.2) is 24.8 Å². The van der Waals surface area contributed by atoms with E-state index in [4.69, 9.17) is 4.74 Å². The molecule has 0 bridgehead atoms. The fourth-order valence-electron chi connectivity index (χ4n) is 3.91. The van der Waals surface area contributed by atoms with E-state index in [0.29, 0.717) is 35.0 Å². The van der Waals surface area contributed by atoms with Crippen molar-refractivity contribution in [2.45, 2.75) is 27.0 Å². The predicted octanol–water partition coefficient (Wildman–Crippen LogP) is 4.78. The molecule has 0 aliphatic heterocycles. The van der Waals surface area contributed by atoms with Crippen LogP contribution >= 0.6 is 0 Å². The van der Waals surface area contributed by atoms with E-state index in [9.17, 15) is 9.18 Å². The molecule has 7 nitrogen and oxygen atoms in total. The first-order chi connectivity index (χ1) is 17.0. The van der Waals surface area contributed by atoms with Gasteiger partial charge in [-0.3, -0.25) is 4.79 Å². The Morgan fingerprint density at radius 3 is 2.63 bits per heavy atom. The number of imidazole rings is 2. The highest BCUT2D eigenvalue weighted by Crippen LogP contribution is 2.18. The van der Waals surface area contributed by atoms with Crippen molar-refractivity contribution >= 4 is 11.6 Å². The number of rotatable bonds is 7. The molecule has 0 unspecified atom stereocenters. The van der Waals surface area contributed by atoms with Crippen molar-refractivity contribution in [3.63, 3.8) is 0 Å². The molecule has 0 aliphatic carbocycles. The molecule has 0 fully saturated rings. The van der Waals surface area contributed by atoms with E-state index in [0.717, 1.165) is 16.9 Å². The summed E-state index contributed by atoms with van der Waals surface area (Å²) in [5, 5.41) is 2.83. The van der Waals surface area contributed by atoms with Crippen LogP contribution < -0.4 is 10.1 Å². The van der Waals surface area contributed by atoms with Crippen LogP contribution in [0.25, 0.3) is 11.3 Å². The van der Waals surface area contributed by atoms with Crippen LogP contribution in [0.4, 0.5) is 4.39 Å². The molecule has 0 saturated heterocycles. The number of aromatic nitrogens is 4. The van der Waals surface area contributed by atoms with Gasteiger partial charge in [0.15, 0.2) is 0 Å². The Bertz CT molecular complexity index is 1500. The first-order valence-corrected chi connectivity index (χ1v) is 11.2. The van der Waals surface area contributed by atoms with Crippen LogP contribution in [-0.2, 0) is 13.2 Å². The number of nitrogens with one attached hydrogen (secondary N) is 1. The van der Waals surface area contributed by atoms with Crippen LogP contribution in [0, 0.1) is 19.7 Å². The lowest BCUT2D eigenvalue weighted by Gasteiger charge is -2.10. The third kappa shape index (κ3) is 4.77. The van der Waals surface area contributed by atoms with Gasteiger partial charge in [0.1, 0.15) is 29.6 Å². The Morgan fingerprint density at radius 1 is 1.09 bits per heavy atom. The largest absolute Gasteiger partial charge is 0.487 e. The summed E-state index contributed by atoms with van der Waals surface area (Å²) in [4.78, 5) is 21.3. The van der Waals surface area contributed by atoms with Crippen molar-refractivity contribution in [1.29, 1.82) is 0 Å². The van der Waals surface area contributed by atoms with Crippen LogP contribution in [0.1, 0.15) is 33.0 Å². The molecule has 0 aliphatic rings. The van der Waals surface area contributed by atoms with E-state index < -0.39 is 0 Å². The average Bonchev–Trinajstić information content (AvgIpc) is 3.48. The second kappa shape index (κ2) is 9.42. The summed E-state index contributed by atoms with van der Waals surface area (Å²) in [5.74, 6) is 0.719. The van der Waals surface area contributed by atoms with Crippen molar-refractivity contribution in [3.05, 3.63) is 113 Å². The molecule has 8 heteroatoms. The molecule has 5 aromatic rings. The zero-order valence-electron chi connectivity index (χ0n) is 19.4. The molecule has 0 atom stereocenters. The first kappa shape index (κ1) is 22.3. The highest BCUT2D eigenvalue weighted by Gasteiger charge is 2.10. The molecule has 5 rings (SSSR count). The molecule has 0 radical (unpaired) electrons. The number of fused-ring (bicyclic) bond motifs is 1. The molecule has 1 N–H and O–H groups in total. The van der Waals surface area contributed by atoms with Gasteiger partial charge in [0.2, 0.25) is 0 Å². The van der Waals surface area contributed by atoms with Gasteiger partial charge in [-0.05, 0) is 67.4 Å². The van der Waals surface area contributed by atoms with Gasteiger partial charge >= 0.3 is 0 Å². The minimum Gasteiger partial charge on any atom is -0.487 e. The smallest absolute Gasteiger partial charge is 0.251 e. The van der Waals surface area contributed by atoms with E-state index in [1.165, 1.54) is 6.07 Å². The molecule has 1 amide bonds. The molecule has 3 aromatic heterocycles. The topological polar surface area (TPSA) is 73.5 Å². The van der Waals surface area contributed by atoms with Gasteiger partial charge in [0.25, 0.3) is 5.91 Å². The lowest BCUT2D eigenvalue weighted by Crippen LogP contribution is -2.22. The molecule has 0 spiro atoms. The number of nitrogens with zero attached hydrogens (tertiary/aromatic N) is 4. The average molecular weight is 470 g/mol. The molecule has 176 valence electrons. The van der Waals surface area contributed by atoms with Crippen LogP contribution in [0.2, 0.25) is 0 Å². The highest BCUT2D eigenvalue weighted by molar-refractivity contribution is 5.94. The third-order valence-electron chi connectivity index (χ3n) is 5.78. The van der Waals surface area contributed by atoms with Crippen LogP contribution in [0.5, 0.6) is 5.75 Å². The maximum absolute atomic E-state index is 14.6. The standard InChI is InChI=1S/C27H24FN5O2/c1-18-4-3-12-32-16-22(31-26(18)32)17-35-23-8-6-21(7-9-23)27(34)30-15-20-5-10-25(24(28)14-20)33-13-11-29-19(33)2/h3-14,16H,15,17H2,1-2H3,(H,30,34). The second-order valence-corrected chi connectivity index (χ2v) is 8.28. The van der Waals surface area contributed by atoms with Crippen LogP contribution in [0.15, 0.2) is 79.4 Å². The summed E-state index contributed by atoms with van der Waals surface area (Å²) in [7, 11) is 0. The van der Waals surface area contributed by atoms with E-state index in [1.807, 2.05) is 42.8 Å². The first-order valence-electron chi connectivity index (χ1n) is 11.2. The fraction of sp³-hybridized carbons (Fsp3) is 0.148. The summed E-state index contributed by atoms with van der Waals surface area (Å²) in [6.45, 7) is 4.37. The number of hydrogen-bond donors (Lipinski definition) is 1. The summed E-state index contributed by atoms with van der Waals surface area (Å²) >= 11 is 0. The quantitative estimate of drug-likeness (QED) is 0.372. The maximum Gasteiger partial charge on any atom is 0.251 e. The summed E-state index contributed by atoms with van der Waals surface area (Å²) in [5.41, 5.74) is 4.41. The molecule has 0 saturated carbocycles. The van der Waals surface area contributed by atoms with Gasteiger partial charge in [-0.2, -0.15) is 0 Å². The number of hydrogen-bond acceptors (Lipinski definition) is 4. The van der Waals surface area contributed by atoms with Crippen molar-refractivity contribution in [2.24, 2.45) is 0 Å². The molecule has 35 heavy (non-hydrogen) atoms. The highest BCUT2D eigenvalue weighted by atomic mass is 19.1. The Kier molecular flexibility index (Phi) is 6.01. The minimum atomic E-state index is -0.375. The lowest BCUT2D eigenvalue weighted by atomic mass is 10.1. The Balaban J connectivity index is 1.17. The third-order valence-corrected chi connectivity index (χ3v) is 5.78. The number of benzene rings is 2. The Hall–Kier alpha value is -4.46. The van der Waals surface area contributed by atoms with Gasteiger partial charge in [0.05, 0.1) is 11.4 Å². The van der Waals surface area contributed by atoms with E-state index in [2.05, 4.69) is 15.3 Å². The van der Waals surface area contributed by atoms with Crippen molar-refractivity contribution < 1.29 is 13.9 Å². The number of halogens is 1. The zero-order chi connectivity index (χ0) is 24.4. The number of carbonyl (C=O) groups is 1. The summed E-state index contributed by atoms with van der Waals surface area (Å²) < 4.78 is 24.1. The normalized spacial score (nSPS) is 11.1. The number of amides is 1. The van der Waals surface area contributed by atoms with Crippen LogP contribution in [0.3, 0.4) is 0 Å². The van der Waals surface area contributed by atoms with E-state index >= 15 is 0 Å². The van der Waals surface area contributed by atoms with Crippen molar-refractivity contribution in [2.75, 3.05) is 0 Å². The monoisotopic (exact) mass is 469 g/mol. The number of pyridine rings is 1. The lowest BCUT2D eigenvalue weighted by molar-refractivity contribution is 0.0951. The van der Waals surface area contributed by atoms with Gasteiger partial charge in [-0.15, -0.1) is 0 Å². The fourth-order valence-corrected chi connectivity index (χ4v) is 3.91. The van der Waals surface area contributed by atoms with Crippen molar-refractivity contribution in [1.82, 2.24) is 24.3 Å². The van der Waals surface area contributed by atoms with E-state index in [1.54, 1.807) is 53.4 Å². The van der Waals surface area contributed by atoms with Gasteiger partial charge < -0.3 is 19.0 Å². The predicted molar refractivity (Wildman–Crippen MR) is 130 cm³/mol. The Morgan fingerprint density at radius 2 is 1.91 bits per heavy atom. The second-order valence-electron chi connectivity index (χ2n) is 8.28. The summed E-state index contributed by atoms with van der Waals surface area (Å²) in [6, 6.07) is 15.8. The van der Waals surface area contributed by atoms with Gasteiger partial charge in [-0.1, -0.05) is 12.1 Å². The summed E-state index contributed by atoms with van der Waals surface area (Å²) in [6.07, 6.45) is 7.23. The SMILES string of the molecule is Cc1cccn2cc(COc3ccc(C(=O)NCc4ccc(-n5ccnc5C)c(F)c4)cc3)nc12. The van der Waals surface area contributed by atoms with Gasteiger partial charge in [-0.25, -0.2) is 14.4 Å². The Labute approximate surface area is 201 Å². The van der Waals surface area contributed by atoms with Gasteiger partial charge in [0, 0.05) is 36.9 Å². The van der Waals surface area contributed by atoms with E-state index in [-0.39, 0.29) is 18.3 Å². The minimum absolute atomic E-state index is 0.213.